The second-order valence-corrected chi connectivity index (χ2v) is 8.83. The first-order valence-electron chi connectivity index (χ1n) is 10.1. The van der Waals surface area contributed by atoms with Gasteiger partial charge in [0.1, 0.15) is 17.1 Å². The molecule has 0 aliphatic heterocycles. The highest BCUT2D eigenvalue weighted by atomic mass is 16.3. The summed E-state index contributed by atoms with van der Waals surface area (Å²) in [5, 5.41) is 43.9. The van der Waals surface area contributed by atoms with Gasteiger partial charge in [-0.2, -0.15) is 0 Å². The lowest BCUT2D eigenvalue weighted by molar-refractivity contribution is -0.148. The predicted molar refractivity (Wildman–Crippen MR) is 116 cm³/mol. The monoisotopic (exact) mass is 453 g/mol. The number of aliphatic hydroxyl groups excluding tert-OH is 2. The summed E-state index contributed by atoms with van der Waals surface area (Å²) in [4.78, 5) is 40.0. The van der Waals surface area contributed by atoms with Crippen LogP contribution in [0.3, 0.4) is 0 Å². The van der Waals surface area contributed by atoms with E-state index in [1.807, 2.05) is 0 Å². The number of nitrogen functional groups attached to an aromatic ring is 1. The normalized spacial score (nSPS) is 28.9. The summed E-state index contributed by atoms with van der Waals surface area (Å²) in [5.41, 5.74) is 7.60. The van der Waals surface area contributed by atoms with Crippen LogP contribution in [0, 0.1) is 24.2 Å². The van der Waals surface area contributed by atoms with Crippen molar-refractivity contribution in [3.05, 3.63) is 45.4 Å². The van der Waals surface area contributed by atoms with E-state index in [1.165, 1.54) is 11.0 Å². The summed E-state index contributed by atoms with van der Waals surface area (Å²) < 4.78 is 0. The molecular weight excluding hydrogens is 430 g/mol. The number of terminal acetylenes is 1. The summed E-state index contributed by atoms with van der Waals surface area (Å²) in [6, 6.07) is 0.464. The Labute approximate surface area is 188 Å². The SMILES string of the molecule is C#Cc1cc2c(c(O)c1N)C(=O)C1=C(O)[C@]3(O)C(=O)C(C(N)=O)=C(O)[C@@H](N(C)C)[C@@H]3C[C@@H]1C2. The number of carbonyl (C=O) groups is 3. The summed E-state index contributed by atoms with van der Waals surface area (Å²) in [5.74, 6) is -4.87. The van der Waals surface area contributed by atoms with Gasteiger partial charge >= 0.3 is 0 Å². The molecule has 1 aromatic rings. The van der Waals surface area contributed by atoms with Crippen LogP contribution in [0.4, 0.5) is 5.69 Å². The first kappa shape index (κ1) is 22.4. The Balaban J connectivity index is 1.98. The molecule has 0 unspecified atom stereocenters. The van der Waals surface area contributed by atoms with Crippen LogP contribution < -0.4 is 11.5 Å². The molecule has 0 bridgehead atoms. The van der Waals surface area contributed by atoms with Gasteiger partial charge in [-0.1, -0.05) is 5.92 Å². The Morgan fingerprint density at radius 1 is 1.27 bits per heavy atom. The number of nitrogens with zero attached hydrogens (tertiary/aromatic N) is 1. The van der Waals surface area contributed by atoms with E-state index in [4.69, 9.17) is 17.9 Å². The third-order valence-electron chi connectivity index (χ3n) is 6.91. The average Bonchev–Trinajstić information content (AvgIpc) is 2.72. The zero-order chi connectivity index (χ0) is 24.6. The number of anilines is 1. The molecule has 4 rings (SSSR count). The molecule has 3 aliphatic carbocycles. The molecule has 1 aromatic carbocycles. The molecule has 10 nitrogen and oxygen atoms in total. The maximum absolute atomic E-state index is 13.4. The van der Waals surface area contributed by atoms with E-state index >= 15 is 0 Å². The van der Waals surface area contributed by atoms with E-state index in [9.17, 15) is 34.8 Å². The molecule has 4 atom stereocenters. The Kier molecular flexibility index (Phi) is 4.81. The molecular formula is C23H23N3O7. The third-order valence-corrected chi connectivity index (χ3v) is 6.91. The molecule has 1 amide bonds. The van der Waals surface area contributed by atoms with Crippen molar-refractivity contribution < 1.29 is 34.8 Å². The molecule has 0 fully saturated rings. The highest BCUT2D eigenvalue weighted by Gasteiger charge is 2.63. The standard InChI is InChI=1S/C23H23N3O7/c1-4-8-5-9-6-10-7-11-16(26(2)3)19(29)14(22(25)32)21(31)23(11,33)20(30)13(10)17(27)12(9)18(28)15(8)24/h1,5,10-11,16,28-30,33H,6-7,24H2,2-3H3,(H2,25,32)/t10-,11-,16-,23-/m0/s1. The van der Waals surface area contributed by atoms with E-state index < -0.39 is 63.8 Å². The molecule has 0 saturated heterocycles. The minimum absolute atomic E-state index is 0.00227. The molecule has 0 aromatic heterocycles. The Morgan fingerprint density at radius 2 is 1.91 bits per heavy atom. The molecule has 0 spiro atoms. The zero-order valence-electron chi connectivity index (χ0n) is 17.9. The summed E-state index contributed by atoms with van der Waals surface area (Å²) >= 11 is 0. The van der Waals surface area contributed by atoms with E-state index in [0.717, 1.165) is 0 Å². The molecule has 0 radical (unpaired) electrons. The van der Waals surface area contributed by atoms with Crippen LogP contribution >= 0.6 is 0 Å². The van der Waals surface area contributed by atoms with Gasteiger partial charge in [0.05, 0.1) is 22.9 Å². The molecule has 3 aliphatic rings. The van der Waals surface area contributed by atoms with Crippen molar-refractivity contribution in [3.8, 4) is 18.1 Å². The fourth-order valence-corrected chi connectivity index (χ4v) is 5.44. The van der Waals surface area contributed by atoms with Crippen molar-refractivity contribution in [1.82, 2.24) is 4.90 Å². The molecule has 8 N–H and O–H groups in total. The number of allylic oxidation sites excluding steroid dienone is 1. The Bertz CT molecular complexity index is 1250. The largest absolute Gasteiger partial charge is 0.510 e. The van der Waals surface area contributed by atoms with Crippen molar-refractivity contribution in [3.63, 3.8) is 0 Å². The van der Waals surface area contributed by atoms with Gasteiger partial charge in [0.15, 0.2) is 17.1 Å². The number of amides is 1. The van der Waals surface area contributed by atoms with Gasteiger partial charge in [-0.25, -0.2) is 0 Å². The lowest BCUT2D eigenvalue weighted by atomic mass is 9.58. The molecule has 0 saturated carbocycles. The van der Waals surface area contributed by atoms with Crippen LogP contribution in [-0.2, 0) is 16.0 Å². The van der Waals surface area contributed by atoms with Crippen LogP contribution in [0.15, 0.2) is 28.7 Å². The van der Waals surface area contributed by atoms with E-state index in [1.54, 1.807) is 14.1 Å². The summed E-state index contributed by atoms with van der Waals surface area (Å²) in [7, 11) is 3.13. The predicted octanol–water partition coefficient (Wildman–Crippen LogP) is -0.316. The third kappa shape index (κ3) is 2.73. The summed E-state index contributed by atoms with van der Waals surface area (Å²) in [6.07, 6.45) is 5.60. The number of phenols is 1. The van der Waals surface area contributed by atoms with E-state index in [-0.39, 0.29) is 35.2 Å². The number of nitrogens with two attached hydrogens (primary N) is 2. The number of aromatic hydroxyl groups is 1. The van der Waals surface area contributed by atoms with Crippen LogP contribution in [0.2, 0.25) is 0 Å². The second kappa shape index (κ2) is 7.10. The number of ketones is 2. The number of rotatable bonds is 2. The average molecular weight is 453 g/mol. The maximum Gasteiger partial charge on any atom is 0.255 e. The topological polar surface area (TPSA) is 187 Å². The number of benzene rings is 1. The molecule has 33 heavy (non-hydrogen) atoms. The van der Waals surface area contributed by atoms with Crippen LogP contribution in [0.5, 0.6) is 5.75 Å². The number of fused-ring (bicyclic) bond motifs is 3. The number of Topliss-reactive ketones (excluding diaryl/α,β-unsaturated/α-hetero) is 2. The van der Waals surface area contributed by atoms with Crippen LogP contribution in [0.25, 0.3) is 0 Å². The number of likely N-dealkylation sites (N-methyl/N-ethyl adjacent to an activating group) is 1. The second-order valence-electron chi connectivity index (χ2n) is 8.83. The van der Waals surface area contributed by atoms with Gasteiger partial charge in [0, 0.05) is 11.5 Å². The number of aliphatic hydroxyl groups is 3. The van der Waals surface area contributed by atoms with Crippen molar-refractivity contribution in [1.29, 1.82) is 0 Å². The number of primary amides is 1. The van der Waals surface area contributed by atoms with Crippen LogP contribution in [-0.4, -0.2) is 68.5 Å². The summed E-state index contributed by atoms with van der Waals surface area (Å²) in [6.45, 7) is 0. The van der Waals surface area contributed by atoms with Gasteiger partial charge in [-0.15, -0.1) is 6.42 Å². The highest BCUT2D eigenvalue weighted by Crippen LogP contribution is 2.52. The van der Waals surface area contributed by atoms with Gasteiger partial charge in [0.2, 0.25) is 5.78 Å². The molecule has 172 valence electrons. The smallest absolute Gasteiger partial charge is 0.255 e. The van der Waals surface area contributed by atoms with Crippen molar-refractivity contribution >= 4 is 23.2 Å². The van der Waals surface area contributed by atoms with Gasteiger partial charge in [-0.3, -0.25) is 19.3 Å². The number of hydrogen-bond donors (Lipinski definition) is 6. The maximum atomic E-state index is 13.4. The minimum atomic E-state index is -2.68. The van der Waals surface area contributed by atoms with Crippen molar-refractivity contribution in [2.75, 3.05) is 19.8 Å². The van der Waals surface area contributed by atoms with Gasteiger partial charge < -0.3 is 31.9 Å². The first-order valence-corrected chi connectivity index (χ1v) is 10.1. The quantitative estimate of drug-likeness (QED) is 0.151. The molecule has 0 heterocycles. The zero-order valence-corrected chi connectivity index (χ0v) is 17.9. The van der Waals surface area contributed by atoms with Crippen LogP contribution in [0.1, 0.15) is 27.9 Å². The Hall–Kier alpha value is -3.81. The lowest BCUT2D eigenvalue weighted by Crippen LogP contribution is -2.63. The number of hydrogen-bond acceptors (Lipinski definition) is 9. The highest BCUT2D eigenvalue weighted by molar-refractivity contribution is 6.24. The number of carbonyl (C=O) groups excluding carboxylic acids is 3. The number of phenolic OH excluding ortho intramolecular Hbond substituents is 1. The Morgan fingerprint density at radius 3 is 2.45 bits per heavy atom. The van der Waals surface area contributed by atoms with Crippen molar-refractivity contribution in [2.24, 2.45) is 17.6 Å². The first-order chi connectivity index (χ1) is 15.4. The lowest BCUT2D eigenvalue weighted by Gasteiger charge is -2.50. The van der Waals surface area contributed by atoms with E-state index in [0.29, 0.717) is 5.56 Å². The van der Waals surface area contributed by atoms with Gasteiger partial charge in [0.25, 0.3) is 5.91 Å². The van der Waals surface area contributed by atoms with Gasteiger partial charge in [-0.05, 0) is 44.5 Å². The molecule has 10 heteroatoms. The fraction of sp³-hybridized carbons (Fsp3) is 0.348. The fourth-order valence-electron chi connectivity index (χ4n) is 5.44. The minimum Gasteiger partial charge on any atom is -0.510 e. The van der Waals surface area contributed by atoms with Crippen molar-refractivity contribution in [2.45, 2.75) is 24.5 Å². The van der Waals surface area contributed by atoms with E-state index in [2.05, 4.69) is 5.92 Å².